The smallest absolute Gasteiger partial charge is 0.335 e. The number of fused-ring (bicyclic) bond motifs is 1. The van der Waals surface area contributed by atoms with Crippen molar-refractivity contribution in [1.82, 2.24) is 4.98 Å². The molecule has 31 heavy (non-hydrogen) atoms. The van der Waals surface area contributed by atoms with Crippen LogP contribution in [0.15, 0.2) is 91.0 Å². The number of rotatable bonds is 8. The number of carbonyl (C=O) groups is 1. The second-order valence-corrected chi connectivity index (χ2v) is 7.13. The molecule has 6 nitrogen and oxygen atoms in total. The Morgan fingerprint density at radius 3 is 2.52 bits per heavy atom. The molecule has 1 heterocycles. The van der Waals surface area contributed by atoms with Crippen LogP contribution in [0.2, 0.25) is 0 Å². The van der Waals surface area contributed by atoms with E-state index in [0.717, 1.165) is 16.6 Å². The average Bonchev–Trinajstić information content (AvgIpc) is 2.81. The Labute approximate surface area is 179 Å². The zero-order valence-corrected chi connectivity index (χ0v) is 16.7. The molecule has 3 aromatic carbocycles. The summed E-state index contributed by atoms with van der Waals surface area (Å²) in [5, 5.41) is 23.7. The number of carboxylic acids is 1. The second kappa shape index (κ2) is 9.28. The highest BCUT2D eigenvalue weighted by Crippen LogP contribution is 2.26. The van der Waals surface area contributed by atoms with Gasteiger partial charge < -0.3 is 20.3 Å². The molecule has 4 rings (SSSR count). The van der Waals surface area contributed by atoms with Crippen molar-refractivity contribution < 1.29 is 19.7 Å². The Kier molecular flexibility index (Phi) is 6.10. The molecule has 156 valence electrons. The van der Waals surface area contributed by atoms with E-state index in [-0.39, 0.29) is 0 Å². The highest BCUT2D eigenvalue weighted by Gasteiger charge is 2.27. The molecule has 0 aliphatic rings. The van der Waals surface area contributed by atoms with Gasteiger partial charge in [-0.25, -0.2) is 9.78 Å². The number of nitrogens with zero attached hydrogens (tertiary/aromatic N) is 1. The van der Waals surface area contributed by atoms with Crippen LogP contribution in [0.4, 0.5) is 5.69 Å². The molecule has 0 amide bonds. The van der Waals surface area contributed by atoms with Gasteiger partial charge in [0, 0.05) is 17.1 Å². The van der Waals surface area contributed by atoms with Crippen LogP contribution in [0.3, 0.4) is 0 Å². The molecular weight excluding hydrogens is 392 g/mol. The van der Waals surface area contributed by atoms with Crippen molar-refractivity contribution >= 4 is 22.6 Å². The molecule has 0 aliphatic carbocycles. The SMILES string of the molecule is O=C(O)[C@@H](O)[C@H](Nc1cccc(OCc2ccc3ccccc3n2)c1)c1ccccc1. The molecule has 6 heteroatoms. The summed E-state index contributed by atoms with van der Waals surface area (Å²) in [6.45, 7) is 0.300. The maximum atomic E-state index is 11.4. The lowest BCUT2D eigenvalue weighted by Crippen LogP contribution is -2.32. The van der Waals surface area contributed by atoms with Gasteiger partial charge in [-0.1, -0.05) is 60.7 Å². The van der Waals surface area contributed by atoms with Gasteiger partial charge in [-0.05, 0) is 29.8 Å². The molecule has 2 atom stereocenters. The van der Waals surface area contributed by atoms with Gasteiger partial charge in [-0.3, -0.25) is 0 Å². The van der Waals surface area contributed by atoms with Crippen molar-refractivity contribution in [3.63, 3.8) is 0 Å². The van der Waals surface area contributed by atoms with Crippen molar-refractivity contribution in [3.8, 4) is 5.75 Å². The minimum Gasteiger partial charge on any atom is -0.487 e. The zero-order chi connectivity index (χ0) is 21.6. The molecular formula is C25H22N2O4. The summed E-state index contributed by atoms with van der Waals surface area (Å²) in [5.41, 5.74) is 3.02. The first kappa shape index (κ1) is 20.4. The summed E-state index contributed by atoms with van der Waals surface area (Å²) in [6.07, 6.45) is -1.60. The fourth-order valence-corrected chi connectivity index (χ4v) is 3.35. The number of benzene rings is 3. The first-order valence-corrected chi connectivity index (χ1v) is 9.90. The third-order valence-electron chi connectivity index (χ3n) is 4.93. The number of nitrogens with one attached hydrogen (secondary N) is 1. The molecule has 0 fully saturated rings. The van der Waals surface area contributed by atoms with Crippen LogP contribution in [0.1, 0.15) is 17.3 Å². The van der Waals surface area contributed by atoms with E-state index in [1.165, 1.54) is 0 Å². The summed E-state index contributed by atoms with van der Waals surface area (Å²) in [5.74, 6) is -0.687. The largest absolute Gasteiger partial charge is 0.487 e. The standard InChI is InChI=1S/C25H22N2O4/c28-24(25(29)30)23(18-8-2-1-3-9-18)27-19-10-6-11-21(15-19)31-16-20-14-13-17-7-4-5-12-22(17)26-20/h1-15,23-24,27-28H,16H2,(H,29,30)/t23-,24+/m1/s1. The Balaban J connectivity index is 1.49. The number of aliphatic hydroxyl groups excluding tert-OH is 1. The number of ether oxygens (including phenoxy) is 1. The van der Waals surface area contributed by atoms with Crippen LogP contribution in [0, 0.1) is 0 Å². The van der Waals surface area contributed by atoms with Crippen molar-refractivity contribution in [3.05, 3.63) is 102 Å². The van der Waals surface area contributed by atoms with Gasteiger partial charge in [-0.15, -0.1) is 0 Å². The van der Waals surface area contributed by atoms with Crippen LogP contribution in [-0.2, 0) is 11.4 Å². The number of carboxylic acid groups (broad SMARTS) is 1. The first-order valence-electron chi connectivity index (χ1n) is 9.90. The van der Waals surface area contributed by atoms with Crippen molar-refractivity contribution in [2.45, 2.75) is 18.8 Å². The Morgan fingerprint density at radius 1 is 0.935 bits per heavy atom. The van der Waals surface area contributed by atoms with Crippen molar-refractivity contribution in [2.75, 3.05) is 5.32 Å². The molecule has 3 N–H and O–H groups in total. The Bertz CT molecular complexity index is 1180. The predicted molar refractivity (Wildman–Crippen MR) is 119 cm³/mol. The minimum atomic E-state index is -1.60. The highest BCUT2D eigenvalue weighted by molar-refractivity contribution is 5.78. The van der Waals surface area contributed by atoms with Gasteiger partial charge in [0.2, 0.25) is 0 Å². The van der Waals surface area contributed by atoms with E-state index in [4.69, 9.17) is 4.74 Å². The van der Waals surface area contributed by atoms with E-state index in [0.29, 0.717) is 23.6 Å². The summed E-state index contributed by atoms with van der Waals surface area (Å²) >= 11 is 0. The topological polar surface area (TPSA) is 91.7 Å². The molecule has 0 saturated carbocycles. The van der Waals surface area contributed by atoms with E-state index in [9.17, 15) is 15.0 Å². The monoisotopic (exact) mass is 414 g/mol. The third-order valence-corrected chi connectivity index (χ3v) is 4.93. The maximum Gasteiger partial charge on any atom is 0.335 e. The number of aliphatic hydroxyl groups is 1. The Hall–Kier alpha value is -3.90. The minimum absolute atomic E-state index is 0.300. The lowest BCUT2D eigenvalue weighted by Gasteiger charge is -2.23. The molecule has 0 aliphatic heterocycles. The lowest BCUT2D eigenvalue weighted by atomic mass is 10.0. The van der Waals surface area contributed by atoms with E-state index in [2.05, 4.69) is 10.3 Å². The normalized spacial score (nSPS) is 12.8. The number of pyridine rings is 1. The zero-order valence-electron chi connectivity index (χ0n) is 16.7. The molecule has 0 unspecified atom stereocenters. The molecule has 0 radical (unpaired) electrons. The number of aromatic nitrogens is 1. The van der Waals surface area contributed by atoms with Crippen LogP contribution in [0.25, 0.3) is 10.9 Å². The van der Waals surface area contributed by atoms with Crippen LogP contribution in [0.5, 0.6) is 5.75 Å². The average molecular weight is 414 g/mol. The second-order valence-electron chi connectivity index (χ2n) is 7.13. The summed E-state index contributed by atoms with van der Waals surface area (Å²) < 4.78 is 5.90. The predicted octanol–water partition coefficient (Wildman–Crippen LogP) is 4.41. The number of para-hydroxylation sites is 1. The van der Waals surface area contributed by atoms with Gasteiger partial charge in [0.1, 0.15) is 12.4 Å². The van der Waals surface area contributed by atoms with Crippen LogP contribution >= 0.6 is 0 Å². The van der Waals surface area contributed by atoms with Crippen molar-refractivity contribution in [1.29, 1.82) is 0 Å². The number of anilines is 1. The fraction of sp³-hybridized carbons (Fsp3) is 0.120. The van der Waals surface area contributed by atoms with Gasteiger partial charge in [0.15, 0.2) is 6.10 Å². The summed E-state index contributed by atoms with van der Waals surface area (Å²) in [4.78, 5) is 16.0. The molecule has 4 aromatic rings. The number of hydrogen-bond donors (Lipinski definition) is 3. The van der Waals surface area contributed by atoms with Crippen LogP contribution < -0.4 is 10.1 Å². The lowest BCUT2D eigenvalue weighted by molar-refractivity contribution is -0.147. The van der Waals surface area contributed by atoms with Crippen molar-refractivity contribution in [2.24, 2.45) is 0 Å². The van der Waals surface area contributed by atoms with Gasteiger partial charge in [0.05, 0.1) is 17.3 Å². The number of hydrogen-bond acceptors (Lipinski definition) is 5. The van der Waals surface area contributed by atoms with Crippen LogP contribution in [-0.4, -0.2) is 27.3 Å². The first-order chi connectivity index (χ1) is 15.1. The highest BCUT2D eigenvalue weighted by atomic mass is 16.5. The fourth-order valence-electron chi connectivity index (χ4n) is 3.35. The van der Waals surface area contributed by atoms with Gasteiger partial charge in [-0.2, -0.15) is 0 Å². The molecule has 0 spiro atoms. The molecule has 0 bridgehead atoms. The van der Waals surface area contributed by atoms with E-state index < -0.39 is 18.1 Å². The molecule has 0 saturated heterocycles. The van der Waals surface area contributed by atoms with E-state index in [1.54, 1.807) is 42.5 Å². The maximum absolute atomic E-state index is 11.4. The molecule has 1 aromatic heterocycles. The number of aliphatic carboxylic acids is 1. The summed E-state index contributed by atoms with van der Waals surface area (Å²) in [6, 6.07) is 27.2. The van der Waals surface area contributed by atoms with E-state index in [1.807, 2.05) is 48.5 Å². The third kappa shape index (κ3) is 4.99. The van der Waals surface area contributed by atoms with E-state index >= 15 is 0 Å². The van der Waals surface area contributed by atoms with Gasteiger partial charge in [0.25, 0.3) is 0 Å². The quantitative estimate of drug-likeness (QED) is 0.396. The Morgan fingerprint density at radius 2 is 1.71 bits per heavy atom. The van der Waals surface area contributed by atoms with Gasteiger partial charge >= 0.3 is 5.97 Å². The summed E-state index contributed by atoms with van der Waals surface area (Å²) in [7, 11) is 0.